The standard InChI is InChI=1S/C15H22N2O2/c1-11(2)19-13-5-3-12(4-6-13)14(18)17-10-15(9-16)7-8-15/h3-6,11H,7-10,16H2,1-2H3,(H,17,18). The van der Waals surface area contributed by atoms with Crippen LogP contribution in [0.2, 0.25) is 0 Å². The van der Waals surface area contributed by atoms with Gasteiger partial charge >= 0.3 is 0 Å². The Bertz CT molecular complexity index is 436. The summed E-state index contributed by atoms with van der Waals surface area (Å²) in [6, 6.07) is 7.22. The molecule has 1 aromatic carbocycles. The Morgan fingerprint density at radius 3 is 2.47 bits per heavy atom. The van der Waals surface area contributed by atoms with Crippen molar-refractivity contribution in [2.45, 2.75) is 32.8 Å². The van der Waals surface area contributed by atoms with E-state index < -0.39 is 0 Å². The van der Waals surface area contributed by atoms with Gasteiger partial charge in [-0.05, 0) is 57.5 Å². The van der Waals surface area contributed by atoms with Crippen molar-refractivity contribution in [1.29, 1.82) is 0 Å². The number of carbonyl (C=O) groups excluding carboxylic acids is 1. The van der Waals surface area contributed by atoms with Crippen LogP contribution in [-0.2, 0) is 0 Å². The zero-order valence-corrected chi connectivity index (χ0v) is 11.6. The van der Waals surface area contributed by atoms with Crippen LogP contribution < -0.4 is 15.8 Å². The second-order valence-corrected chi connectivity index (χ2v) is 5.58. The molecule has 2 rings (SSSR count). The van der Waals surface area contributed by atoms with Crippen molar-refractivity contribution < 1.29 is 9.53 Å². The molecule has 1 amide bonds. The first-order chi connectivity index (χ1) is 9.04. The van der Waals surface area contributed by atoms with Crippen LogP contribution in [0.5, 0.6) is 5.75 Å². The van der Waals surface area contributed by atoms with Gasteiger partial charge in [-0.1, -0.05) is 0 Å². The van der Waals surface area contributed by atoms with E-state index in [4.69, 9.17) is 10.5 Å². The second kappa shape index (κ2) is 5.61. The predicted octanol–water partition coefficient (Wildman–Crippen LogP) is 1.94. The van der Waals surface area contributed by atoms with Gasteiger partial charge < -0.3 is 15.8 Å². The minimum atomic E-state index is -0.0455. The lowest BCUT2D eigenvalue weighted by molar-refractivity contribution is 0.0945. The minimum absolute atomic E-state index is 0.0455. The highest BCUT2D eigenvalue weighted by Gasteiger charge is 2.41. The monoisotopic (exact) mass is 262 g/mol. The molecule has 104 valence electrons. The van der Waals surface area contributed by atoms with E-state index in [1.54, 1.807) is 12.1 Å². The van der Waals surface area contributed by atoms with Gasteiger partial charge in [0.2, 0.25) is 0 Å². The van der Waals surface area contributed by atoms with Crippen molar-refractivity contribution in [3.63, 3.8) is 0 Å². The quantitative estimate of drug-likeness (QED) is 0.823. The van der Waals surface area contributed by atoms with Gasteiger partial charge in [0.25, 0.3) is 5.91 Å². The van der Waals surface area contributed by atoms with E-state index in [0.29, 0.717) is 18.7 Å². The van der Waals surface area contributed by atoms with Crippen LogP contribution in [0.25, 0.3) is 0 Å². The average Bonchev–Trinajstić information content (AvgIpc) is 3.17. The van der Waals surface area contributed by atoms with Crippen molar-refractivity contribution in [3.8, 4) is 5.75 Å². The molecule has 0 saturated heterocycles. The maximum Gasteiger partial charge on any atom is 0.251 e. The van der Waals surface area contributed by atoms with E-state index in [-0.39, 0.29) is 17.4 Å². The van der Waals surface area contributed by atoms with E-state index in [2.05, 4.69) is 5.32 Å². The van der Waals surface area contributed by atoms with Crippen LogP contribution in [0.15, 0.2) is 24.3 Å². The summed E-state index contributed by atoms with van der Waals surface area (Å²) < 4.78 is 5.54. The number of nitrogens with one attached hydrogen (secondary N) is 1. The van der Waals surface area contributed by atoms with Gasteiger partial charge in [0, 0.05) is 17.5 Å². The number of hydrogen-bond acceptors (Lipinski definition) is 3. The minimum Gasteiger partial charge on any atom is -0.491 e. The van der Waals surface area contributed by atoms with Crippen LogP contribution in [0.3, 0.4) is 0 Å². The normalized spacial score (nSPS) is 16.2. The van der Waals surface area contributed by atoms with Crippen molar-refractivity contribution in [3.05, 3.63) is 29.8 Å². The highest BCUT2D eigenvalue weighted by molar-refractivity contribution is 5.94. The third-order valence-corrected chi connectivity index (χ3v) is 3.50. The lowest BCUT2D eigenvalue weighted by Gasteiger charge is -2.14. The van der Waals surface area contributed by atoms with E-state index in [9.17, 15) is 4.79 Å². The molecule has 3 N–H and O–H groups in total. The number of carbonyl (C=O) groups is 1. The van der Waals surface area contributed by atoms with Crippen LogP contribution in [0.1, 0.15) is 37.0 Å². The van der Waals surface area contributed by atoms with Crippen LogP contribution in [0, 0.1) is 5.41 Å². The molecule has 0 radical (unpaired) electrons. The summed E-state index contributed by atoms with van der Waals surface area (Å²) in [6.45, 7) is 5.27. The Morgan fingerprint density at radius 1 is 1.37 bits per heavy atom. The molecule has 4 heteroatoms. The van der Waals surface area contributed by atoms with Crippen LogP contribution >= 0.6 is 0 Å². The molecule has 1 saturated carbocycles. The molecule has 0 atom stereocenters. The van der Waals surface area contributed by atoms with Crippen molar-refractivity contribution in [2.24, 2.45) is 11.1 Å². The fraction of sp³-hybridized carbons (Fsp3) is 0.533. The van der Waals surface area contributed by atoms with Gasteiger partial charge in [0.15, 0.2) is 0 Å². The Morgan fingerprint density at radius 2 is 2.00 bits per heavy atom. The van der Waals surface area contributed by atoms with E-state index in [1.807, 2.05) is 26.0 Å². The van der Waals surface area contributed by atoms with Gasteiger partial charge in [-0.2, -0.15) is 0 Å². The zero-order valence-electron chi connectivity index (χ0n) is 11.6. The number of hydrogen-bond donors (Lipinski definition) is 2. The van der Waals surface area contributed by atoms with E-state index >= 15 is 0 Å². The van der Waals surface area contributed by atoms with Crippen molar-refractivity contribution in [2.75, 3.05) is 13.1 Å². The molecule has 1 aromatic rings. The molecular formula is C15H22N2O2. The molecule has 0 bridgehead atoms. The molecule has 0 heterocycles. The summed E-state index contributed by atoms with van der Waals surface area (Å²) in [6.07, 6.45) is 2.37. The molecular weight excluding hydrogens is 240 g/mol. The molecule has 0 aromatic heterocycles. The molecule has 0 aliphatic heterocycles. The van der Waals surface area contributed by atoms with Crippen molar-refractivity contribution in [1.82, 2.24) is 5.32 Å². The fourth-order valence-electron chi connectivity index (χ4n) is 1.96. The Balaban J connectivity index is 1.88. The SMILES string of the molecule is CC(C)Oc1ccc(C(=O)NCC2(CN)CC2)cc1. The Labute approximate surface area is 114 Å². The lowest BCUT2D eigenvalue weighted by atomic mass is 10.1. The lowest BCUT2D eigenvalue weighted by Crippen LogP contribution is -2.33. The topological polar surface area (TPSA) is 64.3 Å². The largest absolute Gasteiger partial charge is 0.491 e. The van der Waals surface area contributed by atoms with E-state index in [0.717, 1.165) is 18.6 Å². The zero-order chi connectivity index (χ0) is 13.9. The smallest absolute Gasteiger partial charge is 0.251 e. The molecule has 0 spiro atoms. The fourth-order valence-corrected chi connectivity index (χ4v) is 1.96. The van der Waals surface area contributed by atoms with Crippen molar-refractivity contribution >= 4 is 5.91 Å². The summed E-state index contributed by atoms with van der Waals surface area (Å²) in [5.41, 5.74) is 6.51. The predicted molar refractivity (Wildman–Crippen MR) is 75.3 cm³/mol. The van der Waals surface area contributed by atoms with Crippen LogP contribution in [-0.4, -0.2) is 25.1 Å². The summed E-state index contributed by atoms with van der Waals surface area (Å²) in [5, 5.41) is 2.95. The Kier molecular flexibility index (Phi) is 4.10. The number of ether oxygens (including phenoxy) is 1. The summed E-state index contributed by atoms with van der Waals surface area (Å²) in [5.74, 6) is 0.739. The third-order valence-electron chi connectivity index (χ3n) is 3.50. The summed E-state index contributed by atoms with van der Waals surface area (Å²) in [7, 11) is 0. The molecule has 4 nitrogen and oxygen atoms in total. The maximum atomic E-state index is 12.0. The van der Waals surface area contributed by atoms with Gasteiger partial charge in [-0.25, -0.2) is 0 Å². The summed E-state index contributed by atoms with van der Waals surface area (Å²) in [4.78, 5) is 12.0. The van der Waals surface area contributed by atoms with Gasteiger partial charge in [0.1, 0.15) is 5.75 Å². The molecule has 1 aliphatic rings. The highest BCUT2D eigenvalue weighted by Crippen LogP contribution is 2.43. The number of nitrogens with two attached hydrogens (primary N) is 1. The first kappa shape index (κ1) is 13.9. The van der Waals surface area contributed by atoms with Gasteiger partial charge in [0.05, 0.1) is 6.10 Å². The molecule has 0 unspecified atom stereocenters. The number of benzene rings is 1. The number of amides is 1. The summed E-state index contributed by atoms with van der Waals surface area (Å²) >= 11 is 0. The first-order valence-electron chi connectivity index (χ1n) is 6.80. The van der Waals surface area contributed by atoms with Gasteiger partial charge in [-0.3, -0.25) is 4.79 Å². The molecule has 1 aliphatic carbocycles. The number of rotatable bonds is 6. The average molecular weight is 262 g/mol. The molecule has 1 fully saturated rings. The Hall–Kier alpha value is -1.55. The third kappa shape index (κ3) is 3.70. The van der Waals surface area contributed by atoms with Crippen LogP contribution in [0.4, 0.5) is 0 Å². The maximum absolute atomic E-state index is 12.0. The highest BCUT2D eigenvalue weighted by atomic mass is 16.5. The second-order valence-electron chi connectivity index (χ2n) is 5.58. The van der Waals surface area contributed by atoms with Gasteiger partial charge in [-0.15, -0.1) is 0 Å². The van der Waals surface area contributed by atoms with E-state index in [1.165, 1.54) is 0 Å². The first-order valence-corrected chi connectivity index (χ1v) is 6.80. The molecule has 19 heavy (non-hydrogen) atoms.